The molecule has 0 saturated heterocycles. The Bertz CT molecular complexity index is 1170. The van der Waals surface area contributed by atoms with Crippen molar-refractivity contribution in [2.45, 2.75) is 12.1 Å². The third-order valence-corrected chi connectivity index (χ3v) is 5.39. The van der Waals surface area contributed by atoms with Crippen LogP contribution < -0.4 is 4.74 Å². The highest BCUT2D eigenvalue weighted by molar-refractivity contribution is 7.99. The maximum absolute atomic E-state index is 8.88. The van der Waals surface area contributed by atoms with Crippen molar-refractivity contribution in [1.29, 1.82) is 5.26 Å². The minimum Gasteiger partial charge on any atom is -0.493 e. The zero-order valence-corrected chi connectivity index (χ0v) is 17.2. The maximum Gasteiger partial charge on any atom is 0.196 e. The maximum atomic E-state index is 8.88. The molecule has 4 aromatic rings. The fourth-order valence-electron chi connectivity index (χ4n) is 3.00. The molecule has 148 valence electrons. The number of benzene rings is 2. The van der Waals surface area contributed by atoms with Gasteiger partial charge in [0.05, 0.1) is 23.9 Å². The van der Waals surface area contributed by atoms with Gasteiger partial charge in [0.25, 0.3) is 0 Å². The predicted molar refractivity (Wildman–Crippen MR) is 117 cm³/mol. The van der Waals surface area contributed by atoms with Crippen molar-refractivity contribution in [2.24, 2.45) is 0 Å². The second kappa shape index (κ2) is 9.25. The Kier molecular flexibility index (Phi) is 6.06. The summed E-state index contributed by atoms with van der Waals surface area (Å²) in [6.45, 7) is 2.59. The number of aromatic nitrogens is 4. The summed E-state index contributed by atoms with van der Waals surface area (Å²) in [5, 5.41) is 18.6. The molecular weight excluding hydrogens is 394 g/mol. The standard InChI is InChI=1S/C23H19N5OS/c1-17-4-2-3-5-21(17)28-22(19-10-12-25-13-11-19)26-27-23(28)30-15-14-29-20-8-6-18(16-24)7-9-20/h2-13H,14-15H2,1H3. The molecule has 0 amide bonds. The van der Waals surface area contributed by atoms with Gasteiger partial charge in [-0.25, -0.2) is 0 Å². The van der Waals surface area contributed by atoms with Crippen LogP contribution in [0.15, 0.2) is 78.2 Å². The number of nitrogens with zero attached hydrogens (tertiary/aromatic N) is 5. The van der Waals surface area contributed by atoms with Crippen molar-refractivity contribution in [3.8, 4) is 28.9 Å². The van der Waals surface area contributed by atoms with Crippen molar-refractivity contribution >= 4 is 11.8 Å². The van der Waals surface area contributed by atoms with Crippen molar-refractivity contribution in [3.63, 3.8) is 0 Å². The van der Waals surface area contributed by atoms with Gasteiger partial charge in [-0.1, -0.05) is 30.0 Å². The third kappa shape index (κ3) is 4.34. The SMILES string of the molecule is Cc1ccccc1-n1c(SCCOc2ccc(C#N)cc2)nnc1-c1ccncc1. The van der Waals surface area contributed by atoms with E-state index in [0.29, 0.717) is 17.9 Å². The van der Waals surface area contributed by atoms with Gasteiger partial charge in [0.1, 0.15) is 5.75 Å². The second-order valence-electron chi connectivity index (χ2n) is 6.50. The normalized spacial score (nSPS) is 10.5. The number of hydrogen-bond donors (Lipinski definition) is 0. The average molecular weight is 414 g/mol. The lowest BCUT2D eigenvalue weighted by Crippen LogP contribution is -2.04. The molecule has 0 radical (unpaired) electrons. The lowest BCUT2D eigenvalue weighted by molar-refractivity contribution is 0.344. The molecule has 0 fully saturated rings. The van der Waals surface area contributed by atoms with Crippen LogP contribution in [-0.2, 0) is 0 Å². The molecule has 6 nitrogen and oxygen atoms in total. The monoisotopic (exact) mass is 413 g/mol. The molecule has 4 rings (SSSR count). The second-order valence-corrected chi connectivity index (χ2v) is 7.56. The van der Waals surface area contributed by atoms with Gasteiger partial charge in [0.2, 0.25) is 0 Å². The van der Waals surface area contributed by atoms with Crippen molar-refractivity contribution < 1.29 is 4.74 Å². The number of thioether (sulfide) groups is 1. The number of aryl methyl sites for hydroxylation is 1. The quantitative estimate of drug-likeness (QED) is 0.323. The highest BCUT2D eigenvalue weighted by atomic mass is 32.2. The fraction of sp³-hybridized carbons (Fsp3) is 0.130. The molecule has 0 atom stereocenters. The van der Waals surface area contributed by atoms with Gasteiger partial charge >= 0.3 is 0 Å². The van der Waals surface area contributed by atoms with E-state index in [-0.39, 0.29) is 0 Å². The van der Waals surface area contributed by atoms with Crippen molar-refractivity contribution in [2.75, 3.05) is 12.4 Å². The van der Waals surface area contributed by atoms with E-state index in [2.05, 4.69) is 44.9 Å². The van der Waals surface area contributed by atoms with Gasteiger partial charge in [-0.05, 0) is 55.0 Å². The minimum atomic E-state index is 0.516. The molecule has 0 aliphatic heterocycles. The van der Waals surface area contributed by atoms with Crippen LogP contribution in [0.2, 0.25) is 0 Å². The van der Waals surface area contributed by atoms with E-state index in [9.17, 15) is 0 Å². The Morgan fingerprint density at radius 2 is 1.77 bits per heavy atom. The van der Waals surface area contributed by atoms with E-state index in [1.165, 1.54) is 0 Å². The van der Waals surface area contributed by atoms with Gasteiger partial charge in [-0.2, -0.15) is 5.26 Å². The molecule has 0 N–H and O–H groups in total. The fourth-order valence-corrected chi connectivity index (χ4v) is 3.76. The minimum absolute atomic E-state index is 0.516. The van der Waals surface area contributed by atoms with E-state index < -0.39 is 0 Å². The van der Waals surface area contributed by atoms with Gasteiger partial charge in [0.15, 0.2) is 11.0 Å². The Morgan fingerprint density at radius 3 is 2.50 bits per heavy atom. The molecule has 0 unspecified atom stereocenters. The summed E-state index contributed by atoms with van der Waals surface area (Å²) in [7, 11) is 0. The molecule has 2 heterocycles. The zero-order valence-electron chi connectivity index (χ0n) is 16.4. The molecule has 0 spiro atoms. The highest BCUT2D eigenvalue weighted by Crippen LogP contribution is 2.29. The number of nitriles is 1. The van der Waals surface area contributed by atoms with Crippen molar-refractivity contribution in [3.05, 3.63) is 84.2 Å². The highest BCUT2D eigenvalue weighted by Gasteiger charge is 2.17. The number of hydrogen-bond acceptors (Lipinski definition) is 6. The topological polar surface area (TPSA) is 76.6 Å². The van der Waals surface area contributed by atoms with Crippen LogP contribution in [0, 0.1) is 18.3 Å². The van der Waals surface area contributed by atoms with E-state index in [0.717, 1.165) is 33.5 Å². The molecule has 30 heavy (non-hydrogen) atoms. The summed E-state index contributed by atoms with van der Waals surface area (Å²) < 4.78 is 7.87. The summed E-state index contributed by atoms with van der Waals surface area (Å²) in [4.78, 5) is 4.10. The predicted octanol–water partition coefficient (Wildman–Crippen LogP) is 4.68. The number of rotatable bonds is 7. The Balaban J connectivity index is 1.53. The summed E-state index contributed by atoms with van der Waals surface area (Å²) in [5.41, 5.74) is 3.77. The smallest absolute Gasteiger partial charge is 0.196 e. The Labute approximate surface area is 179 Å². The van der Waals surface area contributed by atoms with E-state index >= 15 is 0 Å². The summed E-state index contributed by atoms with van der Waals surface area (Å²) in [6, 6.07) is 21.3. The van der Waals surface area contributed by atoms with Crippen LogP contribution in [-0.4, -0.2) is 32.1 Å². The Morgan fingerprint density at radius 1 is 1.00 bits per heavy atom. The largest absolute Gasteiger partial charge is 0.493 e. The lowest BCUT2D eigenvalue weighted by Gasteiger charge is -2.13. The molecule has 0 saturated carbocycles. The van der Waals surface area contributed by atoms with Gasteiger partial charge in [0, 0.05) is 23.7 Å². The molecule has 2 aromatic carbocycles. The first kappa shape index (κ1) is 19.7. The van der Waals surface area contributed by atoms with E-state index in [1.807, 2.05) is 24.3 Å². The van der Waals surface area contributed by atoms with Gasteiger partial charge in [-0.3, -0.25) is 9.55 Å². The zero-order chi connectivity index (χ0) is 20.8. The van der Waals surface area contributed by atoms with Gasteiger partial charge in [-0.15, -0.1) is 10.2 Å². The first-order chi connectivity index (χ1) is 14.8. The Hall–Kier alpha value is -3.63. The molecule has 0 bridgehead atoms. The van der Waals surface area contributed by atoms with Crippen LogP contribution in [0.25, 0.3) is 17.1 Å². The first-order valence-corrected chi connectivity index (χ1v) is 10.4. The van der Waals surface area contributed by atoms with Crippen LogP contribution in [0.3, 0.4) is 0 Å². The van der Waals surface area contributed by atoms with Crippen LogP contribution in [0.4, 0.5) is 0 Å². The first-order valence-electron chi connectivity index (χ1n) is 9.44. The number of para-hydroxylation sites is 1. The summed E-state index contributed by atoms with van der Waals surface area (Å²) >= 11 is 1.59. The molecule has 7 heteroatoms. The number of ether oxygens (including phenoxy) is 1. The average Bonchev–Trinajstić information content (AvgIpc) is 3.21. The third-order valence-electron chi connectivity index (χ3n) is 4.49. The molecule has 2 aromatic heterocycles. The summed E-state index contributed by atoms with van der Waals surface area (Å²) in [6.07, 6.45) is 3.51. The van der Waals surface area contributed by atoms with Crippen molar-refractivity contribution in [1.82, 2.24) is 19.7 Å². The van der Waals surface area contributed by atoms with Crippen LogP contribution in [0.1, 0.15) is 11.1 Å². The number of pyridine rings is 1. The molecule has 0 aliphatic carbocycles. The summed E-state index contributed by atoms with van der Waals surface area (Å²) in [5.74, 6) is 2.23. The van der Waals surface area contributed by atoms with Gasteiger partial charge < -0.3 is 4.74 Å². The van der Waals surface area contributed by atoms with E-state index in [1.54, 1.807) is 48.4 Å². The van der Waals surface area contributed by atoms with Crippen LogP contribution in [0.5, 0.6) is 5.75 Å². The van der Waals surface area contributed by atoms with Crippen LogP contribution >= 0.6 is 11.8 Å². The lowest BCUT2D eigenvalue weighted by atomic mass is 10.2. The van der Waals surface area contributed by atoms with E-state index in [4.69, 9.17) is 10.00 Å². The molecule has 0 aliphatic rings. The molecular formula is C23H19N5OS.